The van der Waals surface area contributed by atoms with Crippen LogP contribution in [0.25, 0.3) is 11.3 Å². The number of hydrogen-bond donors (Lipinski definition) is 2. The Morgan fingerprint density at radius 2 is 1.81 bits per heavy atom. The van der Waals surface area contributed by atoms with Gasteiger partial charge < -0.3 is 10.6 Å². The smallest absolute Gasteiger partial charge is 0.323 e. The molecule has 0 atom stereocenters. The number of benzene rings is 1. The molecule has 3 N–H and O–H groups in total. The Balaban J connectivity index is 1.40. The predicted octanol–water partition coefficient (Wildman–Crippen LogP) is 3.89. The van der Waals surface area contributed by atoms with E-state index in [2.05, 4.69) is 20.3 Å². The molecule has 31 heavy (non-hydrogen) atoms. The number of urea groups is 1. The number of nitrogen functional groups attached to an aromatic ring is 1. The molecule has 4 rings (SSSR count). The molecule has 8 heteroatoms. The van der Waals surface area contributed by atoms with Crippen LogP contribution in [-0.2, 0) is 6.42 Å². The molecule has 1 aliphatic heterocycles. The van der Waals surface area contributed by atoms with E-state index in [1.165, 1.54) is 12.1 Å². The summed E-state index contributed by atoms with van der Waals surface area (Å²) in [6, 6.07) is 9.66. The Bertz CT molecular complexity index is 1120. The molecule has 3 aromatic rings. The van der Waals surface area contributed by atoms with Crippen LogP contribution in [0.5, 0.6) is 0 Å². The van der Waals surface area contributed by atoms with Crippen molar-refractivity contribution < 1.29 is 9.18 Å². The minimum atomic E-state index is -0.302. The van der Waals surface area contributed by atoms with E-state index >= 15 is 0 Å². The zero-order chi connectivity index (χ0) is 22.1. The highest BCUT2D eigenvalue weighted by Crippen LogP contribution is 2.27. The van der Waals surface area contributed by atoms with Crippen LogP contribution in [0.15, 0.2) is 36.4 Å². The summed E-state index contributed by atoms with van der Waals surface area (Å²) in [5, 5.41) is 2.80. The fourth-order valence-corrected chi connectivity index (χ4v) is 3.83. The topological polar surface area (TPSA) is 97.0 Å². The Hall–Kier alpha value is -3.55. The summed E-state index contributed by atoms with van der Waals surface area (Å²) in [4.78, 5) is 27.8. The normalized spacial score (nSPS) is 13.7. The lowest BCUT2D eigenvalue weighted by molar-refractivity contribution is 0.129. The average molecular weight is 420 g/mol. The molecule has 2 amide bonds. The molecule has 0 aliphatic carbocycles. The van der Waals surface area contributed by atoms with Crippen LogP contribution < -0.4 is 11.1 Å². The zero-order valence-corrected chi connectivity index (χ0v) is 17.8. The number of nitrogens with one attached hydrogen (secondary N) is 1. The number of anilines is 2. The lowest BCUT2D eigenvalue weighted by atomic mass is 9.96. The van der Waals surface area contributed by atoms with Crippen LogP contribution in [0.2, 0.25) is 0 Å². The van der Waals surface area contributed by atoms with E-state index in [1.807, 2.05) is 26.8 Å². The molecule has 0 spiro atoms. The lowest BCUT2D eigenvalue weighted by Crippen LogP contribution is -2.52. The number of hydrogen-bond acceptors (Lipinski definition) is 5. The summed E-state index contributed by atoms with van der Waals surface area (Å²) >= 11 is 0. The molecule has 0 radical (unpaired) electrons. The minimum Gasteiger partial charge on any atom is -0.396 e. The highest BCUT2D eigenvalue weighted by molar-refractivity contribution is 5.92. The van der Waals surface area contributed by atoms with Gasteiger partial charge >= 0.3 is 6.03 Å². The number of amides is 2. The number of nitrogens with two attached hydrogens (primary N) is 1. The van der Waals surface area contributed by atoms with Crippen molar-refractivity contribution in [2.24, 2.45) is 5.92 Å². The molecule has 7 nitrogen and oxygen atoms in total. The first-order valence-corrected chi connectivity index (χ1v) is 10.2. The van der Waals surface area contributed by atoms with Gasteiger partial charge in [-0.05, 0) is 62.7 Å². The van der Waals surface area contributed by atoms with Crippen LogP contribution in [0.4, 0.5) is 20.7 Å². The highest BCUT2D eigenvalue weighted by Gasteiger charge is 2.31. The van der Waals surface area contributed by atoms with Gasteiger partial charge in [0.25, 0.3) is 0 Å². The first-order chi connectivity index (χ1) is 14.8. The van der Waals surface area contributed by atoms with Crippen molar-refractivity contribution in [2.75, 3.05) is 24.1 Å². The first-order valence-electron chi connectivity index (χ1n) is 10.2. The monoisotopic (exact) mass is 420 g/mol. The third kappa shape index (κ3) is 4.63. The third-order valence-electron chi connectivity index (χ3n) is 5.36. The van der Waals surface area contributed by atoms with Gasteiger partial charge in [0, 0.05) is 42.4 Å². The maximum Gasteiger partial charge on any atom is 0.323 e. The lowest BCUT2D eigenvalue weighted by Gasteiger charge is -2.38. The molecule has 1 aliphatic rings. The summed E-state index contributed by atoms with van der Waals surface area (Å²) in [6.07, 6.45) is 0.742. The van der Waals surface area contributed by atoms with Crippen LogP contribution >= 0.6 is 0 Å². The van der Waals surface area contributed by atoms with E-state index in [1.54, 1.807) is 23.1 Å². The van der Waals surface area contributed by atoms with Crippen molar-refractivity contribution in [1.29, 1.82) is 0 Å². The summed E-state index contributed by atoms with van der Waals surface area (Å²) < 4.78 is 13.4. The van der Waals surface area contributed by atoms with E-state index in [0.29, 0.717) is 36.2 Å². The average Bonchev–Trinajstić information content (AvgIpc) is 2.65. The van der Waals surface area contributed by atoms with Crippen LogP contribution in [0, 0.1) is 32.5 Å². The number of pyridine rings is 1. The summed E-state index contributed by atoms with van der Waals surface area (Å²) in [7, 11) is 0. The largest absolute Gasteiger partial charge is 0.396 e. The number of aryl methyl sites for hydroxylation is 3. The van der Waals surface area contributed by atoms with Crippen molar-refractivity contribution in [3.63, 3.8) is 0 Å². The fraction of sp³-hybridized carbons (Fsp3) is 0.304. The molecular weight excluding hydrogens is 395 g/mol. The molecule has 1 aromatic carbocycles. The maximum absolute atomic E-state index is 13.4. The van der Waals surface area contributed by atoms with Gasteiger partial charge in [0.2, 0.25) is 0 Å². The van der Waals surface area contributed by atoms with Crippen molar-refractivity contribution >= 4 is 17.5 Å². The van der Waals surface area contributed by atoms with Gasteiger partial charge in [0.15, 0.2) is 5.82 Å². The molecule has 1 fully saturated rings. The summed E-state index contributed by atoms with van der Waals surface area (Å²) in [6.45, 7) is 6.97. The Morgan fingerprint density at radius 1 is 1.10 bits per heavy atom. The molecule has 0 bridgehead atoms. The molecule has 2 aromatic heterocycles. The standard InChI is InChI=1S/C23H25FN6O/c1-13-8-17(24)4-5-18(13)20-7-6-19(25)22(28-20)29-23(31)30-11-16(12-30)10-21-26-14(2)9-15(3)27-21/h4-9,16H,10-12,25H2,1-3H3,(H,28,29,31). The van der Waals surface area contributed by atoms with Crippen LogP contribution in [0.3, 0.4) is 0 Å². The van der Waals surface area contributed by atoms with Crippen LogP contribution in [0.1, 0.15) is 22.8 Å². The number of nitrogens with zero attached hydrogens (tertiary/aromatic N) is 4. The van der Waals surface area contributed by atoms with E-state index in [4.69, 9.17) is 5.73 Å². The number of likely N-dealkylation sites (tertiary alicyclic amines) is 1. The van der Waals surface area contributed by atoms with Gasteiger partial charge in [-0.2, -0.15) is 0 Å². The molecule has 160 valence electrons. The summed E-state index contributed by atoms with van der Waals surface area (Å²) in [5.41, 5.74) is 10.5. The number of carbonyl (C=O) groups is 1. The van der Waals surface area contributed by atoms with Gasteiger partial charge in [-0.1, -0.05) is 0 Å². The van der Waals surface area contributed by atoms with Crippen LogP contribution in [-0.4, -0.2) is 39.0 Å². The number of aromatic nitrogens is 3. The fourth-order valence-electron chi connectivity index (χ4n) is 3.83. The van der Waals surface area contributed by atoms with Crippen molar-refractivity contribution in [1.82, 2.24) is 19.9 Å². The molecule has 0 saturated carbocycles. The van der Waals surface area contributed by atoms with E-state index < -0.39 is 0 Å². The quantitative estimate of drug-likeness (QED) is 0.667. The second kappa shape index (κ2) is 8.29. The summed E-state index contributed by atoms with van der Waals surface area (Å²) in [5.74, 6) is 1.14. The van der Waals surface area contributed by atoms with Crippen molar-refractivity contribution in [3.8, 4) is 11.3 Å². The van der Waals surface area contributed by atoms with Crippen molar-refractivity contribution in [2.45, 2.75) is 27.2 Å². The molecule has 3 heterocycles. The number of carbonyl (C=O) groups excluding carboxylic acids is 1. The second-order valence-electron chi connectivity index (χ2n) is 8.07. The Kier molecular flexibility index (Phi) is 5.54. The molecule has 0 unspecified atom stereocenters. The number of rotatable bonds is 4. The zero-order valence-electron chi connectivity index (χ0n) is 17.8. The second-order valence-corrected chi connectivity index (χ2v) is 8.07. The van der Waals surface area contributed by atoms with Gasteiger partial charge in [-0.15, -0.1) is 0 Å². The minimum absolute atomic E-state index is 0.246. The molecule has 1 saturated heterocycles. The van der Waals surface area contributed by atoms with Gasteiger partial charge in [0.1, 0.15) is 11.6 Å². The van der Waals surface area contributed by atoms with E-state index in [0.717, 1.165) is 34.8 Å². The Morgan fingerprint density at radius 3 is 2.48 bits per heavy atom. The maximum atomic E-state index is 13.4. The van der Waals surface area contributed by atoms with E-state index in [9.17, 15) is 9.18 Å². The highest BCUT2D eigenvalue weighted by atomic mass is 19.1. The van der Waals surface area contributed by atoms with E-state index in [-0.39, 0.29) is 11.8 Å². The van der Waals surface area contributed by atoms with Gasteiger partial charge in [-0.3, -0.25) is 5.32 Å². The Labute approximate surface area is 180 Å². The molecular formula is C23H25FN6O. The first kappa shape index (κ1) is 20.7. The predicted molar refractivity (Wildman–Crippen MR) is 118 cm³/mol. The SMILES string of the molecule is Cc1cc(C)nc(CC2CN(C(=O)Nc3nc(-c4ccc(F)cc4C)ccc3N)C2)n1. The van der Waals surface area contributed by atoms with Crippen molar-refractivity contribution in [3.05, 3.63) is 65.0 Å². The van der Waals surface area contributed by atoms with Gasteiger partial charge in [-0.25, -0.2) is 24.1 Å². The van der Waals surface area contributed by atoms with Gasteiger partial charge in [0.05, 0.1) is 11.4 Å². The number of halogens is 1. The third-order valence-corrected chi connectivity index (χ3v) is 5.36.